The molecule has 5 rings (SSSR count). The Morgan fingerprint density at radius 3 is 1.85 bits per heavy atom. The molecule has 5 aliphatic carbocycles. The number of hydrogen-bond donors (Lipinski definition) is 3. The molecule has 302 valence electrons. The molecule has 54 heavy (non-hydrogen) atoms. The van der Waals surface area contributed by atoms with E-state index < -0.39 is 58.0 Å². The van der Waals surface area contributed by atoms with E-state index in [1.807, 2.05) is 55.4 Å². The van der Waals surface area contributed by atoms with Gasteiger partial charge in [-0.1, -0.05) is 69.9 Å². The summed E-state index contributed by atoms with van der Waals surface area (Å²) in [7, 11) is 0. The molecule has 0 aromatic carbocycles. The molecule has 3 N–H and O–H groups in total. The van der Waals surface area contributed by atoms with E-state index in [-0.39, 0.29) is 47.8 Å². The molecule has 0 saturated heterocycles. The maximum Gasteiger partial charge on any atom is 0.330 e. The molecule has 0 aromatic rings. The highest BCUT2D eigenvalue weighted by atomic mass is 16.6. The van der Waals surface area contributed by atoms with Crippen LogP contribution in [0.5, 0.6) is 0 Å². The van der Waals surface area contributed by atoms with E-state index in [1.165, 1.54) is 23.8 Å². The summed E-state index contributed by atoms with van der Waals surface area (Å²) in [4.78, 5) is 38.9. The molecule has 0 radical (unpaired) electrons. The Hall–Kier alpha value is -2.75. The Bertz CT molecular complexity index is 1620. The van der Waals surface area contributed by atoms with Gasteiger partial charge in [0.15, 0.2) is 0 Å². The quantitative estimate of drug-likeness (QED) is 0.0991. The minimum atomic E-state index is -1.30. The van der Waals surface area contributed by atoms with Crippen LogP contribution in [0.4, 0.5) is 0 Å². The molecular formula is C45H68O9. The number of rotatable bonds is 8. The highest BCUT2D eigenvalue weighted by molar-refractivity contribution is 5.83. The summed E-state index contributed by atoms with van der Waals surface area (Å²) in [6, 6.07) is 0. The van der Waals surface area contributed by atoms with E-state index >= 15 is 0 Å². The third-order valence-electron chi connectivity index (χ3n) is 15.4. The van der Waals surface area contributed by atoms with E-state index in [1.54, 1.807) is 0 Å². The van der Waals surface area contributed by atoms with Crippen LogP contribution in [0.3, 0.4) is 0 Å². The topological polar surface area (TPSA) is 140 Å². The van der Waals surface area contributed by atoms with Gasteiger partial charge in [0.2, 0.25) is 0 Å². The largest absolute Gasteiger partial charge is 0.462 e. The van der Waals surface area contributed by atoms with Crippen molar-refractivity contribution < 1.29 is 43.9 Å². The monoisotopic (exact) mass is 752 g/mol. The molecule has 0 amide bonds. The van der Waals surface area contributed by atoms with Crippen molar-refractivity contribution in [1.29, 1.82) is 0 Å². The lowest BCUT2D eigenvalue weighted by Gasteiger charge is -2.72. The van der Waals surface area contributed by atoms with Crippen molar-refractivity contribution in [2.45, 2.75) is 152 Å². The van der Waals surface area contributed by atoms with E-state index in [9.17, 15) is 29.7 Å². The first-order valence-corrected chi connectivity index (χ1v) is 20.1. The van der Waals surface area contributed by atoms with Crippen LogP contribution in [0.25, 0.3) is 0 Å². The van der Waals surface area contributed by atoms with Crippen molar-refractivity contribution in [2.75, 3.05) is 13.2 Å². The van der Waals surface area contributed by atoms with Gasteiger partial charge in [-0.15, -0.1) is 0 Å². The Balaban J connectivity index is 1.57. The fourth-order valence-electron chi connectivity index (χ4n) is 12.4. The Morgan fingerprint density at radius 1 is 0.722 bits per heavy atom. The molecule has 0 heterocycles. The Morgan fingerprint density at radius 2 is 1.28 bits per heavy atom. The highest BCUT2D eigenvalue weighted by Gasteiger charge is 2.73. The van der Waals surface area contributed by atoms with Gasteiger partial charge < -0.3 is 29.5 Å². The number of fused-ring (bicyclic) bond motifs is 7. The maximum absolute atomic E-state index is 13.1. The molecule has 5 aliphatic rings. The molecule has 9 nitrogen and oxygen atoms in total. The molecule has 9 heteroatoms. The van der Waals surface area contributed by atoms with Crippen molar-refractivity contribution >= 4 is 17.9 Å². The zero-order valence-electron chi connectivity index (χ0n) is 35.0. The molecule has 0 bridgehead atoms. The number of ether oxygens (including phenoxy) is 3. The summed E-state index contributed by atoms with van der Waals surface area (Å²) in [5.41, 5.74) is 0.200. The molecule has 3 unspecified atom stereocenters. The van der Waals surface area contributed by atoms with E-state index in [0.717, 1.165) is 42.4 Å². The smallest absolute Gasteiger partial charge is 0.330 e. The van der Waals surface area contributed by atoms with E-state index in [0.29, 0.717) is 19.3 Å². The van der Waals surface area contributed by atoms with Gasteiger partial charge in [0.05, 0.1) is 23.7 Å². The van der Waals surface area contributed by atoms with Crippen LogP contribution in [0, 0.1) is 50.2 Å². The van der Waals surface area contributed by atoms with Gasteiger partial charge in [0, 0.05) is 23.6 Å². The first-order chi connectivity index (χ1) is 24.9. The summed E-state index contributed by atoms with van der Waals surface area (Å²) in [6.07, 6.45) is 7.69. The number of hydrogen-bond acceptors (Lipinski definition) is 9. The van der Waals surface area contributed by atoms with Gasteiger partial charge in [0.25, 0.3) is 0 Å². The van der Waals surface area contributed by atoms with Crippen LogP contribution in [0.15, 0.2) is 46.6 Å². The number of aliphatic hydroxyl groups is 3. The highest BCUT2D eigenvalue weighted by Crippen LogP contribution is 2.76. The van der Waals surface area contributed by atoms with Gasteiger partial charge >= 0.3 is 17.9 Å². The number of carbonyl (C=O) groups excluding carboxylic acids is 3. The molecule has 4 saturated carbocycles. The maximum atomic E-state index is 13.1. The standard InChI is InChI=1S/C45H68O9/c1-26(2)19-35(47)52-24-42(10)31-15-18-43(11)32(41(31,9)17-16-34(42)54-37(49)21-28(5)6)14-13-29-30-22-40(7,8)38(50)39(51)45(30,33(46)23-44(29,43)12)25-53-36(48)20-27(3)4/h13,19-21,30-34,38-39,46,50-51H,14-18,22-25H2,1-12H3/t30?,31?,32?,33-,34+,38+,39+,41+,42-,43-,44-,45+/m1/s1. The van der Waals surface area contributed by atoms with Crippen LogP contribution in [-0.4, -0.2) is 70.9 Å². The van der Waals surface area contributed by atoms with Gasteiger partial charge in [0.1, 0.15) is 19.3 Å². The minimum absolute atomic E-state index is 0.0760. The molecule has 0 spiro atoms. The summed E-state index contributed by atoms with van der Waals surface area (Å²) in [6.45, 7) is 24.1. The van der Waals surface area contributed by atoms with Crippen LogP contribution < -0.4 is 0 Å². The van der Waals surface area contributed by atoms with Gasteiger partial charge in [-0.2, -0.15) is 0 Å². The van der Waals surface area contributed by atoms with Gasteiger partial charge in [-0.3, -0.25) is 0 Å². The predicted octanol–water partition coefficient (Wildman–Crippen LogP) is 7.58. The van der Waals surface area contributed by atoms with Crippen molar-refractivity contribution in [1.82, 2.24) is 0 Å². The van der Waals surface area contributed by atoms with E-state index in [4.69, 9.17) is 14.2 Å². The molecule has 0 aliphatic heterocycles. The first-order valence-electron chi connectivity index (χ1n) is 20.1. The van der Waals surface area contributed by atoms with E-state index in [2.05, 4.69) is 33.8 Å². The van der Waals surface area contributed by atoms with Crippen LogP contribution in [0.2, 0.25) is 0 Å². The Kier molecular flexibility index (Phi) is 11.5. The Labute approximate surface area is 323 Å². The normalized spacial score (nSPS) is 41.9. The summed E-state index contributed by atoms with van der Waals surface area (Å²) < 4.78 is 18.0. The number of esters is 3. The lowest BCUT2D eigenvalue weighted by Crippen LogP contribution is -2.72. The van der Waals surface area contributed by atoms with Crippen molar-refractivity contribution in [3.05, 3.63) is 46.6 Å². The summed E-state index contributed by atoms with van der Waals surface area (Å²) >= 11 is 0. The third-order valence-corrected chi connectivity index (χ3v) is 15.4. The molecular weight excluding hydrogens is 684 g/mol. The average Bonchev–Trinajstić information content (AvgIpc) is 3.03. The average molecular weight is 753 g/mol. The van der Waals surface area contributed by atoms with Crippen LogP contribution in [0.1, 0.15) is 128 Å². The zero-order chi connectivity index (χ0) is 40.4. The fraction of sp³-hybridized carbons (Fsp3) is 0.756. The molecule has 0 aromatic heterocycles. The second kappa shape index (κ2) is 14.6. The van der Waals surface area contributed by atoms with Crippen LogP contribution in [-0.2, 0) is 28.6 Å². The number of aliphatic hydroxyl groups excluding tert-OH is 3. The predicted molar refractivity (Wildman–Crippen MR) is 208 cm³/mol. The number of allylic oxidation sites excluding steroid dienone is 5. The minimum Gasteiger partial charge on any atom is -0.462 e. The number of carbonyl (C=O) groups is 3. The summed E-state index contributed by atoms with van der Waals surface area (Å²) in [5.74, 6) is -1.35. The van der Waals surface area contributed by atoms with Gasteiger partial charge in [-0.25, -0.2) is 14.4 Å². The van der Waals surface area contributed by atoms with Crippen molar-refractivity contribution in [3.63, 3.8) is 0 Å². The molecule has 4 fully saturated rings. The van der Waals surface area contributed by atoms with Gasteiger partial charge in [-0.05, 0) is 126 Å². The van der Waals surface area contributed by atoms with Crippen LogP contribution >= 0.6 is 0 Å². The third kappa shape index (κ3) is 6.86. The fourth-order valence-corrected chi connectivity index (χ4v) is 12.4. The lowest BCUT2D eigenvalue weighted by atomic mass is 9.33. The molecule has 12 atom stereocenters. The van der Waals surface area contributed by atoms with Crippen molar-refractivity contribution in [2.24, 2.45) is 50.2 Å². The second-order valence-electron chi connectivity index (χ2n) is 20.1. The first kappa shape index (κ1) is 42.4. The zero-order valence-corrected chi connectivity index (χ0v) is 35.0. The second-order valence-corrected chi connectivity index (χ2v) is 20.1. The van der Waals surface area contributed by atoms with Crippen molar-refractivity contribution in [3.8, 4) is 0 Å². The lowest BCUT2D eigenvalue weighted by molar-refractivity contribution is -0.261. The SMILES string of the molecule is CC(C)=CC(=O)OC[C@@]12C(CC(C)(C)[C@@H](O)[C@@H]1O)C1=CCC3[C@@]4(C)CC[C@H](OC(=O)C=C(C)C)[C@](C)(COC(=O)C=C(C)C)C4CC[C@@]3(C)[C@]1(C)C[C@H]2O. The summed E-state index contributed by atoms with van der Waals surface area (Å²) in [5, 5.41) is 35.9.